The summed E-state index contributed by atoms with van der Waals surface area (Å²) in [7, 11) is 0. The van der Waals surface area contributed by atoms with Gasteiger partial charge < -0.3 is 4.74 Å². The number of hydrogen-bond donors (Lipinski definition) is 0. The molecule has 1 nitrogen and oxygen atoms in total. The van der Waals surface area contributed by atoms with Crippen molar-refractivity contribution in [3.8, 4) is 0 Å². The highest BCUT2D eigenvalue weighted by Crippen LogP contribution is 2.47. The number of rotatable bonds is 6. The molecule has 0 radical (unpaired) electrons. The van der Waals surface area contributed by atoms with Crippen molar-refractivity contribution in [3.63, 3.8) is 0 Å². The van der Waals surface area contributed by atoms with Crippen LogP contribution in [0, 0.1) is 35.5 Å². The molecule has 0 bridgehead atoms. The zero-order valence-corrected chi connectivity index (χ0v) is 19.5. The second-order valence-corrected chi connectivity index (χ2v) is 11.2. The Labute approximate surface area is 181 Å². The van der Waals surface area contributed by atoms with Crippen LogP contribution in [0.25, 0.3) is 0 Å². The normalized spacial score (nSPS) is 44.3. The van der Waals surface area contributed by atoms with Gasteiger partial charge in [0, 0.05) is 0 Å². The quantitative estimate of drug-likeness (QED) is 0.407. The fraction of sp³-hybridized carbons (Fsp3) is 0.929. The Morgan fingerprint density at radius 2 is 1.10 bits per heavy atom. The Balaban J connectivity index is 1.15. The average molecular weight is 401 g/mol. The van der Waals surface area contributed by atoms with Crippen molar-refractivity contribution in [1.82, 2.24) is 0 Å². The van der Waals surface area contributed by atoms with Gasteiger partial charge in [0.05, 0.1) is 12.2 Å². The number of hydrogen-bond acceptors (Lipinski definition) is 1. The molecule has 3 saturated carbocycles. The first kappa shape index (κ1) is 21.9. The van der Waals surface area contributed by atoms with Gasteiger partial charge in [-0.15, -0.1) is 0 Å². The van der Waals surface area contributed by atoms with Crippen LogP contribution in [0.5, 0.6) is 0 Å². The van der Waals surface area contributed by atoms with E-state index in [1.807, 2.05) is 0 Å². The van der Waals surface area contributed by atoms with Gasteiger partial charge in [-0.2, -0.15) is 0 Å². The molecular formula is C28H48O. The SMILES string of the molecule is C/C=C/C1CCC(C2CCC(C3CCC(C4CCC(CCC)O4)CC3)CC2)CC1. The zero-order chi connectivity index (χ0) is 20.1. The van der Waals surface area contributed by atoms with Crippen molar-refractivity contribution in [3.05, 3.63) is 12.2 Å². The van der Waals surface area contributed by atoms with Gasteiger partial charge >= 0.3 is 0 Å². The molecule has 1 saturated heterocycles. The van der Waals surface area contributed by atoms with E-state index in [0.717, 1.165) is 35.5 Å². The largest absolute Gasteiger partial charge is 0.375 e. The van der Waals surface area contributed by atoms with Crippen LogP contribution in [0.15, 0.2) is 12.2 Å². The van der Waals surface area contributed by atoms with Crippen molar-refractivity contribution in [2.24, 2.45) is 35.5 Å². The average Bonchev–Trinajstić information content (AvgIpc) is 3.24. The van der Waals surface area contributed by atoms with Crippen molar-refractivity contribution >= 4 is 0 Å². The summed E-state index contributed by atoms with van der Waals surface area (Å²) in [5, 5.41) is 0. The maximum absolute atomic E-state index is 6.42. The summed E-state index contributed by atoms with van der Waals surface area (Å²) < 4.78 is 6.42. The van der Waals surface area contributed by atoms with Crippen LogP contribution in [0.2, 0.25) is 0 Å². The van der Waals surface area contributed by atoms with E-state index in [1.165, 1.54) is 77.0 Å². The molecule has 0 aromatic rings. The summed E-state index contributed by atoms with van der Waals surface area (Å²) in [5.41, 5.74) is 0. The lowest BCUT2D eigenvalue weighted by molar-refractivity contribution is -0.0119. The van der Waals surface area contributed by atoms with Gasteiger partial charge in [0.2, 0.25) is 0 Å². The Hall–Kier alpha value is -0.300. The van der Waals surface area contributed by atoms with Crippen LogP contribution in [0.1, 0.15) is 117 Å². The van der Waals surface area contributed by atoms with Crippen molar-refractivity contribution in [2.45, 2.75) is 129 Å². The smallest absolute Gasteiger partial charge is 0.0608 e. The van der Waals surface area contributed by atoms with E-state index in [0.29, 0.717) is 12.2 Å². The van der Waals surface area contributed by atoms with Gasteiger partial charge in [-0.05, 0) is 139 Å². The molecule has 1 aliphatic heterocycles. The number of ether oxygens (including phenoxy) is 1. The van der Waals surface area contributed by atoms with E-state index in [1.54, 1.807) is 25.7 Å². The van der Waals surface area contributed by atoms with Gasteiger partial charge in [-0.25, -0.2) is 0 Å². The standard InChI is InChI=1S/C28H48O/c1-3-5-21-7-9-22(10-8-21)23-11-13-24(14-12-23)25-15-17-26(18-16-25)28-20-19-27(29-28)6-4-2/h3,5,21-28H,4,6-20H2,1-2H3/b5-3+. The summed E-state index contributed by atoms with van der Waals surface area (Å²) in [4.78, 5) is 0. The molecule has 1 heteroatoms. The molecule has 4 aliphatic rings. The Bertz CT molecular complexity index is 486. The molecule has 4 rings (SSSR count). The molecule has 0 spiro atoms. The maximum Gasteiger partial charge on any atom is 0.0608 e. The minimum Gasteiger partial charge on any atom is -0.375 e. The van der Waals surface area contributed by atoms with Gasteiger partial charge in [0.1, 0.15) is 0 Å². The van der Waals surface area contributed by atoms with E-state index >= 15 is 0 Å². The second-order valence-electron chi connectivity index (χ2n) is 11.2. The van der Waals surface area contributed by atoms with E-state index < -0.39 is 0 Å². The lowest BCUT2D eigenvalue weighted by Gasteiger charge is -2.41. The third kappa shape index (κ3) is 5.69. The summed E-state index contributed by atoms with van der Waals surface area (Å²) in [6.45, 7) is 4.48. The molecule has 2 atom stereocenters. The number of allylic oxidation sites excluding steroid dienone is 2. The predicted molar refractivity (Wildman–Crippen MR) is 124 cm³/mol. The molecule has 1 heterocycles. The molecule has 0 aromatic carbocycles. The molecular weight excluding hydrogens is 352 g/mol. The lowest BCUT2D eigenvalue weighted by Crippen LogP contribution is -2.32. The van der Waals surface area contributed by atoms with Crippen molar-refractivity contribution in [1.29, 1.82) is 0 Å². The van der Waals surface area contributed by atoms with E-state index in [9.17, 15) is 0 Å². The molecule has 0 amide bonds. The highest BCUT2D eigenvalue weighted by Gasteiger charge is 2.37. The lowest BCUT2D eigenvalue weighted by atomic mass is 9.64. The minimum atomic E-state index is 0.589. The van der Waals surface area contributed by atoms with Crippen LogP contribution < -0.4 is 0 Å². The third-order valence-electron chi connectivity index (χ3n) is 9.52. The Kier molecular flexibility index (Phi) is 8.18. The molecule has 29 heavy (non-hydrogen) atoms. The van der Waals surface area contributed by atoms with Crippen LogP contribution in [-0.2, 0) is 4.74 Å². The summed E-state index contributed by atoms with van der Waals surface area (Å²) in [5.74, 6) is 6.01. The Morgan fingerprint density at radius 3 is 1.59 bits per heavy atom. The highest BCUT2D eigenvalue weighted by molar-refractivity contribution is 4.92. The van der Waals surface area contributed by atoms with E-state index in [2.05, 4.69) is 26.0 Å². The van der Waals surface area contributed by atoms with Crippen LogP contribution in [0.3, 0.4) is 0 Å². The van der Waals surface area contributed by atoms with Gasteiger partial charge in [-0.3, -0.25) is 0 Å². The monoisotopic (exact) mass is 400 g/mol. The first-order chi connectivity index (χ1) is 14.3. The molecule has 4 fully saturated rings. The van der Waals surface area contributed by atoms with Crippen molar-refractivity contribution < 1.29 is 4.74 Å². The molecule has 3 aliphatic carbocycles. The zero-order valence-electron chi connectivity index (χ0n) is 19.5. The highest BCUT2D eigenvalue weighted by atomic mass is 16.5. The van der Waals surface area contributed by atoms with Crippen LogP contribution in [-0.4, -0.2) is 12.2 Å². The maximum atomic E-state index is 6.42. The van der Waals surface area contributed by atoms with Crippen LogP contribution >= 0.6 is 0 Å². The minimum absolute atomic E-state index is 0.589. The predicted octanol–water partition coefficient (Wildman–Crippen LogP) is 8.33. The van der Waals surface area contributed by atoms with Gasteiger partial charge in [0.15, 0.2) is 0 Å². The molecule has 166 valence electrons. The van der Waals surface area contributed by atoms with Crippen molar-refractivity contribution in [2.75, 3.05) is 0 Å². The first-order valence-electron chi connectivity index (χ1n) is 13.5. The molecule has 2 unspecified atom stereocenters. The topological polar surface area (TPSA) is 9.23 Å². The molecule has 0 aromatic heterocycles. The Morgan fingerprint density at radius 1 is 0.621 bits per heavy atom. The summed E-state index contributed by atoms with van der Waals surface area (Å²) in [6, 6.07) is 0. The fourth-order valence-corrected chi connectivity index (χ4v) is 7.77. The van der Waals surface area contributed by atoms with Crippen LogP contribution in [0.4, 0.5) is 0 Å². The van der Waals surface area contributed by atoms with Gasteiger partial charge in [0.25, 0.3) is 0 Å². The summed E-state index contributed by atoms with van der Waals surface area (Å²) >= 11 is 0. The second kappa shape index (κ2) is 10.8. The van der Waals surface area contributed by atoms with E-state index in [-0.39, 0.29) is 0 Å². The third-order valence-corrected chi connectivity index (χ3v) is 9.52. The fourth-order valence-electron chi connectivity index (χ4n) is 7.77. The summed E-state index contributed by atoms with van der Waals surface area (Å²) in [6.07, 6.45) is 29.3. The molecule has 0 N–H and O–H groups in total. The van der Waals surface area contributed by atoms with E-state index in [4.69, 9.17) is 4.74 Å². The van der Waals surface area contributed by atoms with Gasteiger partial charge in [-0.1, -0.05) is 25.5 Å². The first-order valence-corrected chi connectivity index (χ1v) is 13.5.